The summed E-state index contributed by atoms with van der Waals surface area (Å²) < 4.78 is 4.78. The molecule has 5 nitrogen and oxygen atoms in total. The van der Waals surface area contributed by atoms with Crippen LogP contribution in [0.25, 0.3) is 0 Å². The lowest BCUT2D eigenvalue weighted by Crippen LogP contribution is -2.26. The summed E-state index contributed by atoms with van der Waals surface area (Å²) >= 11 is 0. The van der Waals surface area contributed by atoms with Gasteiger partial charge in [0.05, 0.1) is 12.6 Å². The first-order chi connectivity index (χ1) is 6.22. The first kappa shape index (κ1) is 10.1. The summed E-state index contributed by atoms with van der Waals surface area (Å²) in [4.78, 5) is 4.01. The molecular formula is C8H15N3O2. The zero-order valence-electron chi connectivity index (χ0n) is 7.95. The van der Waals surface area contributed by atoms with Crippen LogP contribution in [0.15, 0.2) is 4.52 Å². The van der Waals surface area contributed by atoms with E-state index in [1.54, 1.807) is 6.92 Å². The topological polar surface area (TPSA) is 71.2 Å². The minimum absolute atomic E-state index is 0.298. The third kappa shape index (κ3) is 3.52. The van der Waals surface area contributed by atoms with Gasteiger partial charge in [0.25, 0.3) is 0 Å². The SMILES string of the molecule is CCC(O)CNCc1noc(C)n1. The van der Waals surface area contributed by atoms with Crippen LogP contribution in [0.2, 0.25) is 0 Å². The summed E-state index contributed by atoms with van der Waals surface area (Å²) in [7, 11) is 0. The summed E-state index contributed by atoms with van der Waals surface area (Å²) in [6.45, 7) is 4.78. The molecular weight excluding hydrogens is 170 g/mol. The number of aromatic nitrogens is 2. The van der Waals surface area contributed by atoms with E-state index in [9.17, 15) is 5.11 Å². The van der Waals surface area contributed by atoms with Crippen molar-refractivity contribution in [2.75, 3.05) is 6.54 Å². The largest absolute Gasteiger partial charge is 0.392 e. The highest BCUT2D eigenvalue weighted by molar-refractivity contribution is 4.82. The van der Waals surface area contributed by atoms with Crippen LogP contribution in [-0.2, 0) is 6.54 Å². The monoisotopic (exact) mass is 185 g/mol. The van der Waals surface area contributed by atoms with Gasteiger partial charge >= 0.3 is 0 Å². The second-order valence-electron chi connectivity index (χ2n) is 2.92. The highest BCUT2D eigenvalue weighted by atomic mass is 16.5. The van der Waals surface area contributed by atoms with E-state index in [2.05, 4.69) is 15.5 Å². The number of rotatable bonds is 5. The maximum Gasteiger partial charge on any atom is 0.223 e. The van der Waals surface area contributed by atoms with E-state index < -0.39 is 0 Å². The second kappa shape index (κ2) is 4.94. The molecule has 74 valence electrons. The van der Waals surface area contributed by atoms with Crippen molar-refractivity contribution in [3.63, 3.8) is 0 Å². The minimum atomic E-state index is -0.298. The van der Waals surface area contributed by atoms with Crippen LogP contribution in [0.3, 0.4) is 0 Å². The molecule has 13 heavy (non-hydrogen) atoms. The molecule has 1 aromatic heterocycles. The van der Waals surface area contributed by atoms with Crippen LogP contribution in [0.4, 0.5) is 0 Å². The Balaban J connectivity index is 2.20. The fourth-order valence-electron chi connectivity index (χ4n) is 0.908. The number of aliphatic hydroxyl groups excluding tert-OH is 1. The lowest BCUT2D eigenvalue weighted by molar-refractivity contribution is 0.166. The van der Waals surface area contributed by atoms with Crippen molar-refractivity contribution < 1.29 is 9.63 Å². The molecule has 1 rings (SSSR count). The molecule has 0 fully saturated rings. The standard InChI is InChI=1S/C8H15N3O2/c1-3-7(12)4-9-5-8-10-6(2)13-11-8/h7,9,12H,3-5H2,1-2H3. The Kier molecular flexibility index (Phi) is 3.85. The highest BCUT2D eigenvalue weighted by Gasteiger charge is 2.03. The quantitative estimate of drug-likeness (QED) is 0.687. The van der Waals surface area contributed by atoms with Gasteiger partial charge in [0.15, 0.2) is 5.82 Å². The van der Waals surface area contributed by atoms with Crippen LogP contribution in [-0.4, -0.2) is 27.9 Å². The molecule has 0 spiro atoms. The molecule has 2 N–H and O–H groups in total. The van der Waals surface area contributed by atoms with Crippen LogP contribution >= 0.6 is 0 Å². The summed E-state index contributed by atoms with van der Waals surface area (Å²) in [6.07, 6.45) is 0.450. The minimum Gasteiger partial charge on any atom is -0.392 e. The first-order valence-corrected chi connectivity index (χ1v) is 4.40. The molecule has 0 aliphatic heterocycles. The van der Waals surface area contributed by atoms with Gasteiger partial charge in [0, 0.05) is 13.5 Å². The van der Waals surface area contributed by atoms with Gasteiger partial charge in [-0.05, 0) is 6.42 Å². The van der Waals surface area contributed by atoms with Crippen LogP contribution < -0.4 is 5.32 Å². The third-order valence-corrected chi connectivity index (χ3v) is 1.70. The predicted molar refractivity (Wildman–Crippen MR) is 47.0 cm³/mol. The van der Waals surface area contributed by atoms with Gasteiger partial charge < -0.3 is 14.9 Å². The van der Waals surface area contributed by atoms with Gasteiger partial charge in [-0.1, -0.05) is 12.1 Å². The Morgan fingerprint density at radius 1 is 1.62 bits per heavy atom. The molecule has 0 aliphatic rings. The fraction of sp³-hybridized carbons (Fsp3) is 0.750. The molecule has 1 heterocycles. The smallest absolute Gasteiger partial charge is 0.223 e. The Hall–Kier alpha value is -0.940. The first-order valence-electron chi connectivity index (χ1n) is 4.40. The number of hydrogen-bond acceptors (Lipinski definition) is 5. The maximum absolute atomic E-state index is 9.21. The van der Waals surface area contributed by atoms with Crippen molar-refractivity contribution in [3.05, 3.63) is 11.7 Å². The van der Waals surface area contributed by atoms with Crippen LogP contribution in [0, 0.1) is 6.92 Å². The normalized spacial score (nSPS) is 13.2. The molecule has 1 atom stereocenters. The molecule has 0 aliphatic carbocycles. The van der Waals surface area contributed by atoms with Crippen molar-refractivity contribution >= 4 is 0 Å². The molecule has 0 saturated carbocycles. The molecule has 0 bridgehead atoms. The number of nitrogens with one attached hydrogen (secondary N) is 1. The van der Waals surface area contributed by atoms with Crippen molar-refractivity contribution in [3.8, 4) is 0 Å². The number of nitrogens with zero attached hydrogens (tertiary/aromatic N) is 2. The van der Waals surface area contributed by atoms with Gasteiger partial charge in [-0.15, -0.1) is 0 Å². The summed E-state index contributed by atoms with van der Waals surface area (Å²) in [5.74, 6) is 1.19. The number of aryl methyl sites for hydroxylation is 1. The number of aliphatic hydroxyl groups is 1. The van der Waals surface area contributed by atoms with Gasteiger partial charge in [-0.2, -0.15) is 4.98 Å². The maximum atomic E-state index is 9.21. The summed E-state index contributed by atoms with van der Waals surface area (Å²) in [5.41, 5.74) is 0. The van der Waals surface area contributed by atoms with Crippen molar-refractivity contribution in [1.82, 2.24) is 15.5 Å². The lowest BCUT2D eigenvalue weighted by Gasteiger charge is -2.06. The summed E-state index contributed by atoms with van der Waals surface area (Å²) in [6, 6.07) is 0. The Morgan fingerprint density at radius 2 is 2.38 bits per heavy atom. The zero-order valence-corrected chi connectivity index (χ0v) is 7.95. The number of hydrogen-bond donors (Lipinski definition) is 2. The van der Waals surface area contributed by atoms with Crippen LogP contribution in [0.1, 0.15) is 25.1 Å². The van der Waals surface area contributed by atoms with Crippen LogP contribution in [0.5, 0.6) is 0 Å². The average molecular weight is 185 g/mol. The van der Waals surface area contributed by atoms with E-state index in [1.807, 2.05) is 6.92 Å². The fourth-order valence-corrected chi connectivity index (χ4v) is 0.908. The summed E-state index contributed by atoms with van der Waals surface area (Å²) in [5, 5.41) is 16.0. The van der Waals surface area contributed by atoms with Gasteiger partial charge in [-0.3, -0.25) is 0 Å². The lowest BCUT2D eigenvalue weighted by atomic mass is 10.3. The van der Waals surface area contributed by atoms with E-state index in [4.69, 9.17) is 4.52 Å². The molecule has 1 unspecified atom stereocenters. The molecule has 1 aromatic rings. The van der Waals surface area contributed by atoms with E-state index in [0.29, 0.717) is 24.8 Å². The van der Waals surface area contributed by atoms with E-state index in [1.165, 1.54) is 0 Å². The van der Waals surface area contributed by atoms with E-state index >= 15 is 0 Å². The molecule has 0 radical (unpaired) electrons. The molecule has 0 saturated heterocycles. The van der Waals surface area contributed by atoms with E-state index in [0.717, 1.165) is 6.42 Å². The average Bonchev–Trinajstić information content (AvgIpc) is 2.51. The Labute approximate surface area is 77.2 Å². The molecule has 0 amide bonds. The second-order valence-corrected chi connectivity index (χ2v) is 2.92. The van der Waals surface area contributed by atoms with Gasteiger partial charge in [-0.25, -0.2) is 0 Å². The Bertz CT molecular complexity index is 249. The van der Waals surface area contributed by atoms with Gasteiger partial charge in [0.1, 0.15) is 0 Å². The van der Waals surface area contributed by atoms with Gasteiger partial charge in [0.2, 0.25) is 5.89 Å². The van der Waals surface area contributed by atoms with Crippen molar-refractivity contribution in [2.45, 2.75) is 32.9 Å². The highest BCUT2D eigenvalue weighted by Crippen LogP contribution is 1.94. The third-order valence-electron chi connectivity index (χ3n) is 1.70. The molecule has 0 aromatic carbocycles. The predicted octanol–water partition coefficient (Wildman–Crippen LogP) is 0.239. The van der Waals surface area contributed by atoms with E-state index in [-0.39, 0.29) is 6.10 Å². The zero-order chi connectivity index (χ0) is 9.68. The van der Waals surface area contributed by atoms with Crippen molar-refractivity contribution in [2.24, 2.45) is 0 Å². The Morgan fingerprint density at radius 3 is 2.92 bits per heavy atom. The van der Waals surface area contributed by atoms with Crippen molar-refractivity contribution in [1.29, 1.82) is 0 Å². The molecule has 5 heteroatoms.